The molecule has 1 aliphatic heterocycles. The number of aliphatic hydroxyl groups excluding tert-OH is 1. The lowest BCUT2D eigenvalue weighted by molar-refractivity contribution is -0.136. The standard InChI is InChI=1S/C19H20F2N2O4/c1-10(12-9-11(20)5-6-13(12)21)22-16-14(17(25)27-2)15(24)19(18(26)23-16)7-3-4-8-19/h5-6,9-10,24H,3-4,7-8H2,1-2H3,(H,22,23,26)/t10-/m0/s1. The molecule has 0 aromatic heterocycles. The zero-order valence-electron chi connectivity index (χ0n) is 15.0. The molecular weight excluding hydrogens is 358 g/mol. The molecule has 1 aromatic rings. The van der Waals surface area contributed by atoms with E-state index in [4.69, 9.17) is 4.74 Å². The van der Waals surface area contributed by atoms with Crippen molar-refractivity contribution in [2.24, 2.45) is 10.4 Å². The molecule has 2 N–H and O–H groups in total. The quantitative estimate of drug-likeness (QED) is 0.791. The molecule has 2 aliphatic rings. The lowest BCUT2D eigenvalue weighted by Crippen LogP contribution is -2.51. The van der Waals surface area contributed by atoms with E-state index >= 15 is 0 Å². The number of aliphatic hydroxyl groups is 1. The molecule has 27 heavy (non-hydrogen) atoms. The number of benzene rings is 1. The Kier molecular flexibility index (Phi) is 4.99. The van der Waals surface area contributed by atoms with E-state index in [-0.39, 0.29) is 22.7 Å². The maximum Gasteiger partial charge on any atom is 0.345 e. The summed E-state index contributed by atoms with van der Waals surface area (Å²) >= 11 is 0. The van der Waals surface area contributed by atoms with Gasteiger partial charge in [0.2, 0.25) is 5.91 Å². The average Bonchev–Trinajstić information content (AvgIpc) is 3.13. The molecule has 144 valence electrons. The first-order chi connectivity index (χ1) is 12.8. The first kappa shape index (κ1) is 19.0. The van der Waals surface area contributed by atoms with Crippen LogP contribution in [-0.4, -0.2) is 29.9 Å². The maximum atomic E-state index is 14.0. The van der Waals surface area contributed by atoms with Gasteiger partial charge in [-0.1, -0.05) is 12.8 Å². The van der Waals surface area contributed by atoms with Crippen molar-refractivity contribution < 1.29 is 28.2 Å². The van der Waals surface area contributed by atoms with Crippen molar-refractivity contribution in [2.75, 3.05) is 7.11 Å². The number of halogens is 2. The zero-order chi connectivity index (χ0) is 19.8. The van der Waals surface area contributed by atoms with E-state index in [1.807, 2.05) is 0 Å². The van der Waals surface area contributed by atoms with Crippen molar-refractivity contribution in [3.8, 4) is 0 Å². The average molecular weight is 378 g/mol. The molecule has 0 bridgehead atoms. The Bertz CT molecular complexity index is 857. The largest absolute Gasteiger partial charge is 0.510 e. The van der Waals surface area contributed by atoms with E-state index in [1.54, 1.807) is 0 Å². The van der Waals surface area contributed by atoms with Gasteiger partial charge < -0.3 is 15.2 Å². The van der Waals surface area contributed by atoms with E-state index in [1.165, 1.54) is 6.92 Å². The summed E-state index contributed by atoms with van der Waals surface area (Å²) in [5.74, 6) is -3.21. The second kappa shape index (κ2) is 7.09. The molecule has 1 aliphatic carbocycles. The van der Waals surface area contributed by atoms with Crippen LogP contribution in [0.25, 0.3) is 0 Å². The molecule has 1 heterocycles. The fourth-order valence-electron chi connectivity index (χ4n) is 3.68. The summed E-state index contributed by atoms with van der Waals surface area (Å²) in [5, 5.41) is 13.3. The highest BCUT2D eigenvalue weighted by Crippen LogP contribution is 2.46. The number of amidine groups is 1. The van der Waals surface area contributed by atoms with Crippen LogP contribution in [0.1, 0.15) is 44.2 Å². The van der Waals surface area contributed by atoms with E-state index in [2.05, 4.69) is 10.3 Å². The molecular formula is C19H20F2N2O4. The van der Waals surface area contributed by atoms with Crippen molar-refractivity contribution in [2.45, 2.75) is 38.6 Å². The Labute approximate surface area is 154 Å². The smallest absolute Gasteiger partial charge is 0.345 e. The van der Waals surface area contributed by atoms with Gasteiger partial charge in [-0.15, -0.1) is 0 Å². The lowest BCUT2D eigenvalue weighted by Gasteiger charge is -2.33. The van der Waals surface area contributed by atoms with Crippen molar-refractivity contribution in [1.82, 2.24) is 5.32 Å². The monoisotopic (exact) mass is 378 g/mol. The number of methoxy groups -OCH3 is 1. The van der Waals surface area contributed by atoms with E-state index in [0.29, 0.717) is 12.8 Å². The Hall–Kier alpha value is -2.77. The molecule has 0 unspecified atom stereocenters. The van der Waals surface area contributed by atoms with Crippen LogP contribution in [0.4, 0.5) is 8.78 Å². The second-order valence-electron chi connectivity index (χ2n) is 6.78. The Morgan fingerprint density at radius 3 is 2.63 bits per heavy atom. The highest BCUT2D eigenvalue weighted by atomic mass is 19.1. The zero-order valence-corrected chi connectivity index (χ0v) is 15.0. The highest BCUT2D eigenvalue weighted by molar-refractivity contribution is 6.26. The number of amides is 1. The van der Waals surface area contributed by atoms with Gasteiger partial charge in [0.15, 0.2) is 0 Å². The van der Waals surface area contributed by atoms with Crippen LogP contribution in [-0.2, 0) is 14.3 Å². The first-order valence-corrected chi connectivity index (χ1v) is 8.67. The molecule has 6 nitrogen and oxygen atoms in total. The number of esters is 1. The van der Waals surface area contributed by atoms with Gasteiger partial charge in [0.05, 0.1) is 13.2 Å². The molecule has 1 amide bonds. The molecule has 8 heteroatoms. The van der Waals surface area contributed by atoms with Crippen LogP contribution in [0.15, 0.2) is 34.5 Å². The van der Waals surface area contributed by atoms with Crippen molar-refractivity contribution >= 4 is 17.7 Å². The van der Waals surface area contributed by atoms with Crippen molar-refractivity contribution in [3.63, 3.8) is 0 Å². The van der Waals surface area contributed by atoms with Gasteiger partial charge in [-0.2, -0.15) is 0 Å². The van der Waals surface area contributed by atoms with Crippen LogP contribution >= 0.6 is 0 Å². The molecule has 1 fully saturated rings. The summed E-state index contributed by atoms with van der Waals surface area (Å²) < 4.78 is 32.2. The molecule has 0 saturated heterocycles. The number of nitrogens with zero attached hydrogens (tertiary/aromatic N) is 1. The van der Waals surface area contributed by atoms with Gasteiger partial charge in [0.25, 0.3) is 0 Å². The minimum absolute atomic E-state index is 0.0402. The summed E-state index contributed by atoms with van der Waals surface area (Å²) in [5.41, 5.74) is -1.46. The third-order valence-corrected chi connectivity index (χ3v) is 5.17. The summed E-state index contributed by atoms with van der Waals surface area (Å²) in [6.45, 7) is 1.49. The predicted molar refractivity (Wildman–Crippen MR) is 92.9 cm³/mol. The van der Waals surface area contributed by atoms with E-state index in [9.17, 15) is 23.5 Å². The summed E-state index contributed by atoms with van der Waals surface area (Å²) in [6.07, 6.45) is 2.30. The number of aliphatic imine (C=N–C) groups is 1. The topological polar surface area (TPSA) is 88.0 Å². The van der Waals surface area contributed by atoms with Gasteiger partial charge >= 0.3 is 5.97 Å². The van der Waals surface area contributed by atoms with Crippen molar-refractivity contribution in [3.05, 3.63) is 46.7 Å². The van der Waals surface area contributed by atoms with Crippen LogP contribution < -0.4 is 5.32 Å². The Morgan fingerprint density at radius 1 is 1.33 bits per heavy atom. The number of carbonyl (C=O) groups is 2. The minimum atomic E-state index is -1.17. The Balaban J connectivity index is 2.09. The van der Waals surface area contributed by atoms with E-state index < -0.39 is 35.0 Å². The molecule has 0 radical (unpaired) electrons. The third-order valence-electron chi connectivity index (χ3n) is 5.17. The van der Waals surface area contributed by atoms with Gasteiger partial charge in [-0.25, -0.2) is 13.6 Å². The normalized spacial score (nSPS) is 21.5. The fourth-order valence-corrected chi connectivity index (χ4v) is 3.68. The second-order valence-corrected chi connectivity index (χ2v) is 6.78. The highest BCUT2D eigenvalue weighted by Gasteiger charge is 2.51. The molecule has 1 aromatic carbocycles. The number of ether oxygens (including phenoxy) is 1. The van der Waals surface area contributed by atoms with Gasteiger partial charge in [0.1, 0.15) is 34.2 Å². The number of rotatable bonds is 3. The summed E-state index contributed by atoms with van der Waals surface area (Å²) in [4.78, 5) is 29.1. The van der Waals surface area contributed by atoms with E-state index in [0.717, 1.165) is 38.2 Å². The number of carbonyl (C=O) groups excluding carboxylic acids is 2. The minimum Gasteiger partial charge on any atom is -0.510 e. The molecule has 1 atom stereocenters. The molecule has 1 spiro atoms. The third kappa shape index (κ3) is 3.20. The fraction of sp³-hybridized carbons (Fsp3) is 0.421. The van der Waals surface area contributed by atoms with Crippen LogP contribution in [0.3, 0.4) is 0 Å². The Morgan fingerprint density at radius 2 is 2.00 bits per heavy atom. The van der Waals surface area contributed by atoms with Gasteiger partial charge in [-0.05, 0) is 38.0 Å². The van der Waals surface area contributed by atoms with Gasteiger partial charge in [0, 0.05) is 5.56 Å². The number of hydrogen-bond donors (Lipinski definition) is 2. The number of nitrogens with one attached hydrogen (secondary N) is 1. The lowest BCUT2D eigenvalue weighted by atomic mass is 9.78. The van der Waals surface area contributed by atoms with Crippen molar-refractivity contribution in [1.29, 1.82) is 0 Å². The SMILES string of the molecule is COC(=O)C1=C(O)C2(CCCC2)C(=O)NC1=N[C@@H](C)c1cc(F)ccc1F. The summed E-state index contributed by atoms with van der Waals surface area (Å²) in [7, 11) is 1.15. The predicted octanol–water partition coefficient (Wildman–Crippen LogP) is 3.10. The van der Waals surface area contributed by atoms with Crippen LogP contribution in [0, 0.1) is 17.0 Å². The van der Waals surface area contributed by atoms with Crippen LogP contribution in [0.5, 0.6) is 0 Å². The maximum absolute atomic E-state index is 14.0. The summed E-state index contributed by atoms with van der Waals surface area (Å²) in [6, 6.07) is 2.04. The molecule has 3 rings (SSSR count). The molecule has 1 saturated carbocycles. The van der Waals surface area contributed by atoms with Crippen LogP contribution in [0.2, 0.25) is 0 Å². The van der Waals surface area contributed by atoms with Gasteiger partial charge in [-0.3, -0.25) is 9.79 Å². The first-order valence-electron chi connectivity index (χ1n) is 8.67. The number of hydrogen-bond acceptors (Lipinski definition) is 5.